The second kappa shape index (κ2) is 6.57. The third-order valence-corrected chi connectivity index (χ3v) is 4.62. The largest absolute Gasteiger partial charge is 0.497 e. The van der Waals surface area contributed by atoms with Crippen molar-refractivity contribution in [3.63, 3.8) is 0 Å². The molecule has 0 atom stereocenters. The summed E-state index contributed by atoms with van der Waals surface area (Å²) in [5.41, 5.74) is 1.51. The number of hydrogen-bond acceptors (Lipinski definition) is 6. The van der Waals surface area contributed by atoms with Gasteiger partial charge in [0.05, 0.1) is 17.3 Å². The lowest BCUT2D eigenvalue weighted by Crippen LogP contribution is -2.11. The number of anilines is 1. The molecular weight excluding hydrogens is 357 g/mol. The van der Waals surface area contributed by atoms with E-state index in [4.69, 9.17) is 9.26 Å². The molecule has 0 spiro atoms. The molecule has 0 saturated carbocycles. The highest BCUT2D eigenvalue weighted by Gasteiger charge is 2.16. The predicted octanol–water partition coefficient (Wildman–Crippen LogP) is 4.35. The van der Waals surface area contributed by atoms with Gasteiger partial charge in [-0.15, -0.1) is 0 Å². The molecule has 130 valence electrons. The van der Waals surface area contributed by atoms with Gasteiger partial charge in [0.1, 0.15) is 11.6 Å². The van der Waals surface area contributed by atoms with Crippen molar-refractivity contribution in [1.82, 2.24) is 10.1 Å². The van der Waals surface area contributed by atoms with Crippen LogP contribution in [0.15, 0.2) is 53.1 Å². The summed E-state index contributed by atoms with van der Waals surface area (Å²) in [5.74, 6) is 0.385. The van der Waals surface area contributed by atoms with Crippen LogP contribution in [0, 0.1) is 5.82 Å². The van der Waals surface area contributed by atoms with Gasteiger partial charge in [-0.2, -0.15) is 0 Å². The summed E-state index contributed by atoms with van der Waals surface area (Å²) in [6.45, 7) is 0. The van der Waals surface area contributed by atoms with Crippen LogP contribution in [0.1, 0.15) is 10.5 Å². The van der Waals surface area contributed by atoms with Gasteiger partial charge in [0.15, 0.2) is 16.6 Å². The molecule has 26 heavy (non-hydrogen) atoms. The molecule has 0 bridgehead atoms. The molecule has 2 aromatic heterocycles. The van der Waals surface area contributed by atoms with Gasteiger partial charge in [-0.05, 0) is 42.5 Å². The summed E-state index contributed by atoms with van der Waals surface area (Å²) < 4.78 is 24.2. The number of aromatic nitrogens is 2. The zero-order valence-electron chi connectivity index (χ0n) is 13.5. The molecule has 0 aliphatic carbocycles. The molecule has 2 heterocycles. The zero-order valence-corrected chi connectivity index (χ0v) is 14.3. The lowest BCUT2D eigenvalue weighted by Gasteiger charge is -1.99. The molecule has 8 heteroatoms. The molecule has 2 aromatic carbocycles. The van der Waals surface area contributed by atoms with Gasteiger partial charge in [0.2, 0.25) is 0 Å². The highest BCUT2D eigenvalue weighted by Crippen LogP contribution is 2.27. The Kier molecular flexibility index (Phi) is 4.10. The number of rotatable bonds is 4. The van der Waals surface area contributed by atoms with E-state index in [1.165, 1.54) is 23.5 Å². The first-order chi connectivity index (χ1) is 12.6. The van der Waals surface area contributed by atoms with Crippen LogP contribution in [0.4, 0.5) is 9.52 Å². The lowest BCUT2D eigenvalue weighted by atomic mass is 10.1. The number of hydrogen-bond donors (Lipinski definition) is 1. The summed E-state index contributed by atoms with van der Waals surface area (Å²) >= 11 is 1.19. The molecular formula is C18H12FN3O3S. The minimum atomic E-state index is -0.451. The summed E-state index contributed by atoms with van der Waals surface area (Å²) in [5, 5.41) is 6.82. The summed E-state index contributed by atoms with van der Waals surface area (Å²) in [6.07, 6.45) is 0. The van der Waals surface area contributed by atoms with Crippen LogP contribution in [-0.2, 0) is 0 Å². The number of methoxy groups -OCH3 is 1. The van der Waals surface area contributed by atoms with E-state index < -0.39 is 5.91 Å². The van der Waals surface area contributed by atoms with E-state index in [1.54, 1.807) is 31.4 Å². The average Bonchev–Trinajstić information content (AvgIpc) is 3.28. The van der Waals surface area contributed by atoms with E-state index >= 15 is 0 Å². The Morgan fingerprint density at radius 3 is 2.77 bits per heavy atom. The number of fused-ring (bicyclic) bond motifs is 1. The first kappa shape index (κ1) is 16.2. The average molecular weight is 369 g/mol. The maximum absolute atomic E-state index is 13.2. The molecule has 4 aromatic rings. The Labute approximate surface area is 151 Å². The second-order valence-electron chi connectivity index (χ2n) is 5.39. The molecule has 4 rings (SSSR count). The highest BCUT2D eigenvalue weighted by molar-refractivity contribution is 7.22. The number of thiazole rings is 1. The number of nitrogens with one attached hydrogen (secondary N) is 1. The number of carbonyl (C=O) groups is 1. The fourth-order valence-corrected chi connectivity index (χ4v) is 3.27. The summed E-state index contributed by atoms with van der Waals surface area (Å²) in [4.78, 5) is 16.6. The number of nitrogens with zero attached hydrogens (tertiary/aromatic N) is 2. The maximum atomic E-state index is 13.2. The van der Waals surface area contributed by atoms with Crippen molar-refractivity contribution < 1.29 is 18.4 Å². The Balaban J connectivity index is 1.53. The van der Waals surface area contributed by atoms with Gasteiger partial charge in [0.25, 0.3) is 5.91 Å². The maximum Gasteiger partial charge on any atom is 0.279 e. The van der Waals surface area contributed by atoms with Crippen LogP contribution < -0.4 is 10.1 Å². The van der Waals surface area contributed by atoms with Crippen molar-refractivity contribution in [3.05, 3.63) is 60.0 Å². The first-order valence-corrected chi connectivity index (χ1v) is 8.42. The SMILES string of the molecule is COc1ccc(-c2cc(C(=O)Nc3nc4ccc(F)cc4s3)no2)cc1. The van der Waals surface area contributed by atoms with Gasteiger partial charge in [-0.3, -0.25) is 10.1 Å². The number of ether oxygens (including phenoxy) is 1. The third kappa shape index (κ3) is 3.14. The Morgan fingerprint density at radius 2 is 2.00 bits per heavy atom. The molecule has 1 amide bonds. The molecule has 0 aliphatic heterocycles. The minimum absolute atomic E-state index is 0.126. The fourth-order valence-electron chi connectivity index (χ4n) is 2.39. The van der Waals surface area contributed by atoms with E-state index in [-0.39, 0.29) is 11.5 Å². The fraction of sp³-hybridized carbons (Fsp3) is 0.0556. The van der Waals surface area contributed by atoms with Crippen molar-refractivity contribution in [2.24, 2.45) is 0 Å². The Hall–Kier alpha value is -3.26. The number of amides is 1. The van der Waals surface area contributed by atoms with Gasteiger partial charge in [-0.1, -0.05) is 16.5 Å². The molecule has 0 saturated heterocycles. The van der Waals surface area contributed by atoms with Crippen LogP contribution in [-0.4, -0.2) is 23.2 Å². The summed E-state index contributed by atoms with van der Waals surface area (Å²) in [6, 6.07) is 13.0. The predicted molar refractivity (Wildman–Crippen MR) is 96.0 cm³/mol. The Bertz CT molecular complexity index is 1090. The Morgan fingerprint density at radius 1 is 1.19 bits per heavy atom. The van der Waals surface area contributed by atoms with Crippen molar-refractivity contribution in [2.45, 2.75) is 0 Å². The van der Waals surface area contributed by atoms with Crippen LogP contribution in [0.5, 0.6) is 5.75 Å². The van der Waals surface area contributed by atoms with Crippen LogP contribution in [0.2, 0.25) is 0 Å². The quantitative estimate of drug-likeness (QED) is 0.579. The van der Waals surface area contributed by atoms with E-state index in [0.717, 1.165) is 11.3 Å². The minimum Gasteiger partial charge on any atom is -0.497 e. The molecule has 0 radical (unpaired) electrons. The second-order valence-corrected chi connectivity index (χ2v) is 6.42. The first-order valence-electron chi connectivity index (χ1n) is 7.61. The van der Waals surface area contributed by atoms with Crippen LogP contribution >= 0.6 is 11.3 Å². The van der Waals surface area contributed by atoms with Crippen molar-refractivity contribution >= 4 is 32.6 Å². The summed E-state index contributed by atoms with van der Waals surface area (Å²) in [7, 11) is 1.59. The van der Waals surface area contributed by atoms with Crippen molar-refractivity contribution in [1.29, 1.82) is 0 Å². The van der Waals surface area contributed by atoms with Gasteiger partial charge >= 0.3 is 0 Å². The van der Waals surface area contributed by atoms with Gasteiger partial charge in [0, 0.05) is 11.6 Å². The molecule has 0 unspecified atom stereocenters. The number of carbonyl (C=O) groups excluding carboxylic acids is 1. The van der Waals surface area contributed by atoms with E-state index in [2.05, 4.69) is 15.5 Å². The zero-order chi connectivity index (χ0) is 18.1. The number of benzene rings is 2. The smallest absolute Gasteiger partial charge is 0.279 e. The van der Waals surface area contributed by atoms with Crippen molar-refractivity contribution in [2.75, 3.05) is 12.4 Å². The normalized spacial score (nSPS) is 10.8. The van der Waals surface area contributed by atoms with Crippen LogP contribution in [0.25, 0.3) is 21.5 Å². The van der Waals surface area contributed by atoms with Crippen LogP contribution in [0.3, 0.4) is 0 Å². The molecule has 0 fully saturated rings. The molecule has 0 aliphatic rings. The van der Waals surface area contributed by atoms with Gasteiger partial charge in [-0.25, -0.2) is 9.37 Å². The third-order valence-electron chi connectivity index (χ3n) is 3.69. The van der Waals surface area contributed by atoms with E-state index in [0.29, 0.717) is 21.1 Å². The van der Waals surface area contributed by atoms with Gasteiger partial charge < -0.3 is 9.26 Å². The monoisotopic (exact) mass is 369 g/mol. The standard InChI is InChI=1S/C18H12FN3O3S/c1-24-12-5-2-10(3-6-12)15-9-14(22-25-15)17(23)21-18-20-13-7-4-11(19)8-16(13)26-18/h2-9H,1H3,(H,20,21,23). The topological polar surface area (TPSA) is 77.2 Å². The van der Waals surface area contributed by atoms with Crippen molar-refractivity contribution in [3.8, 4) is 17.1 Å². The number of halogens is 1. The molecule has 1 N–H and O–H groups in total. The molecule has 6 nitrogen and oxygen atoms in total. The lowest BCUT2D eigenvalue weighted by molar-refractivity contribution is 0.101. The van der Waals surface area contributed by atoms with E-state index in [1.807, 2.05) is 12.1 Å². The van der Waals surface area contributed by atoms with E-state index in [9.17, 15) is 9.18 Å². The highest BCUT2D eigenvalue weighted by atomic mass is 32.1.